The molecule has 0 unspecified atom stereocenters. The lowest BCUT2D eigenvalue weighted by Gasteiger charge is -2.24. The van der Waals surface area contributed by atoms with E-state index in [1.165, 1.54) is 17.7 Å². The number of anilines is 1. The van der Waals surface area contributed by atoms with Crippen LogP contribution in [-0.2, 0) is 19.0 Å². The van der Waals surface area contributed by atoms with Gasteiger partial charge in [-0.2, -0.15) is 0 Å². The van der Waals surface area contributed by atoms with E-state index in [0.29, 0.717) is 68.0 Å². The third-order valence-electron chi connectivity index (χ3n) is 6.33. The molecule has 0 atom stereocenters. The minimum absolute atomic E-state index is 0.113. The normalized spacial score (nSPS) is 13.1. The van der Waals surface area contributed by atoms with Gasteiger partial charge in [-0.3, -0.25) is 9.59 Å². The van der Waals surface area contributed by atoms with Crippen LogP contribution < -0.4 is 15.4 Å². The molecule has 1 aliphatic rings. The number of carbonyl (C=O) groups is 2. The van der Waals surface area contributed by atoms with Crippen molar-refractivity contribution < 1.29 is 32.6 Å². The molecule has 2 amide bonds. The Morgan fingerprint density at radius 1 is 1.08 bits per heavy atom. The van der Waals surface area contributed by atoms with Gasteiger partial charge in [-0.15, -0.1) is 0 Å². The largest absolute Gasteiger partial charge is 0.455 e. The van der Waals surface area contributed by atoms with Crippen molar-refractivity contribution in [3.8, 4) is 11.3 Å². The average molecular weight is 560 g/mol. The molecule has 9 nitrogen and oxygen atoms in total. The van der Waals surface area contributed by atoms with Crippen LogP contribution in [0.4, 0.5) is 10.1 Å². The third kappa shape index (κ3) is 7.51. The molecule has 0 spiro atoms. The van der Waals surface area contributed by atoms with Crippen molar-refractivity contribution in [2.45, 2.75) is 18.8 Å². The smallest absolute Gasteiger partial charge is 0.255 e. The number of hydrogen-bond acceptors (Lipinski definition) is 8. The van der Waals surface area contributed by atoms with Gasteiger partial charge < -0.3 is 34.0 Å². The summed E-state index contributed by atoms with van der Waals surface area (Å²) < 4.78 is 38.2. The molecule has 1 saturated carbocycles. The molecule has 1 fully saturated rings. The van der Waals surface area contributed by atoms with Crippen LogP contribution >= 0.6 is 11.9 Å². The first kappa shape index (κ1) is 28.9. The number of primary amides is 1. The van der Waals surface area contributed by atoms with Crippen molar-refractivity contribution in [2.75, 3.05) is 63.8 Å². The fourth-order valence-corrected chi connectivity index (χ4v) is 4.92. The first-order valence-electron chi connectivity index (χ1n) is 12.8. The molecule has 2 aromatic carbocycles. The Hall–Kier alpha value is -3.12. The van der Waals surface area contributed by atoms with E-state index in [0.717, 1.165) is 23.9 Å². The standard InChI is InChI=1S/C28H34FN3O6S/c1-31-28(34)26-22-15-21(18-3-4-18)23(16-24(22)38-27(26)19-5-7-20(29)8-6-19)32(39-2)9-10-35-11-12-36-13-14-37-17-25(30)33/h5-8,15-16,18H,3-4,9-14,17H2,1-2H3,(H2,30,33)(H,31,34). The molecule has 0 aliphatic heterocycles. The molecule has 210 valence electrons. The van der Waals surface area contributed by atoms with E-state index in [-0.39, 0.29) is 18.3 Å². The van der Waals surface area contributed by atoms with Crippen LogP contribution in [0.5, 0.6) is 0 Å². The molecule has 1 aromatic heterocycles. The summed E-state index contributed by atoms with van der Waals surface area (Å²) in [6.07, 6.45) is 4.20. The molecule has 0 bridgehead atoms. The highest BCUT2D eigenvalue weighted by Crippen LogP contribution is 2.48. The molecule has 0 radical (unpaired) electrons. The predicted octanol–water partition coefficient (Wildman–Crippen LogP) is 4.10. The zero-order chi connectivity index (χ0) is 27.8. The van der Waals surface area contributed by atoms with Gasteiger partial charge >= 0.3 is 0 Å². The van der Waals surface area contributed by atoms with Crippen molar-refractivity contribution in [3.05, 3.63) is 53.3 Å². The summed E-state index contributed by atoms with van der Waals surface area (Å²) in [5, 5.41) is 3.46. The van der Waals surface area contributed by atoms with Crippen LogP contribution in [0.3, 0.4) is 0 Å². The van der Waals surface area contributed by atoms with Gasteiger partial charge in [-0.25, -0.2) is 4.39 Å². The topological polar surface area (TPSA) is 116 Å². The number of benzene rings is 2. The Balaban J connectivity index is 1.47. The Labute approximate surface area is 231 Å². The van der Waals surface area contributed by atoms with Gasteiger partial charge in [0.25, 0.3) is 5.91 Å². The van der Waals surface area contributed by atoms with Crippen molar-refractivity contribution in [1.29, 1.82) is 0 Å². The lowest BCUT2D eigenvalue weighted by Crippen LogP contribution is -2.22. The second-order valence-electron chi connectivity index (χ2n) is 9.10. The SMILES string of the molecule is CNC(=O)c1c(-c2ccc(F)cc2)oc2cc(N(CCOCCOCCOCC(N)=O)SC)c(C3CC3)cc12. The highest BCUT2D eigenvalue weighted by molar-refractivity contribution is 7.99. The minimum atomic E-state index is -0.507. The maximum atomic E-state index is 13.6. The van der Waals surface area contributed by atoms with Crippen LogP contribution in [0.25, 0.3) is 22.3 Å². The van der Waals surface area contributed by atoms with Crippen LogP contribution in [-0.4, -0.2) is 71.3 Å². The number of hydrogen-bond donors (Lipinski definition) is 2. The fraction of sp³-hybridized carbons (Fsp3) is 0.429. The molecule has 0 saturated heterocycles. The number of nitrogens with two attached hydrogens (primary N) is 1. The Bertz CT molecular complexity index is 1280. The summed E-state index contributed by atoms with van der Waals surface area (Å²) in [7, 11) is 1.59. The minimum Gasteiger partial charge on any atom is -0.455 e. The average Bonchev–Trinajstić information content (AvgIpc) is 3.71. The molecule has 3 aromatic rings. The number of rotatable bonds is 16. The van der Waals surface area contributed by atoms with Gasteiger partial charge in [0.15, 0.2) is 0 Å². The predicted molar refractivity (Wildman–Crippen MR) is 149 cm³/mol. The van der Waals surface area contributed by atoms with Crippen LogP contribution in [0.2, 0.25) is 0 Å². The number of fused-ring (bicyclic) bond motifs is 1. The van der Waals surface area contributed by atoms with Crippen molar-refractivity contribution in [1.82, 2.24) is 5.32 Å². The lowest BCUT2D eigenvalue weighted by atomic mass is 10.0. The summed E-state index contributed by atoms with van der Waals surface area (Å²) in [5.41, 5.74) is 8.91. The molecular formula is C28H34FN3O6S. The van der Waals surface area contributed by atoms with E-state index in [1.807, 2.05) is 12.3 Å². The number of ether oxygens (including phenoxy) is 3. The highest BCUT2D eigenvalue weighted by atomic mass is 32.2. The number of amides is 2. The fourth-order valence-electron chi connectivity index (χ4n) is 4.31. The molecular weight excluding hydrogens is 525 g/mol. The van der Waals surface area contributed by atoms with Crippen molar-refractivity contribution in [2.24, 2.45) is 5.73 Å². The molecule has 11 heteroatoms. The molecule has 1 heterocycles. The third-order valence-corrected chi connectivity index (χ3v) is 7.15. The zero-order valence-electron chi connectivity index (χ0n) is 22.2. The summed E-state index contributed by atoms with van der Waals surface area (Å²) in [4.78, 5) is 23.6. The number of furan rings is 1. The maximum absolute atomic E-state index is 13.6. The lowest BCUT2D eigenvalue weighted by molar-refractivity contribution is -0.123. The van der Waals surface area contributed by atoms with Gasteiger partial charge in [-0.05, 0) is 54.7 Å². The highest BCUT2D eigenvalue weighted by Gasteiger charge is 2.31. The van der Waals surface area contributed by atoms with Crippen molar-refractivity contribution >= 4 is 40.4 Å². The second kappa shape index (κ2) is 13.8. The summed E-state index contributed by atoms with van der Waals surface area (Å²) >= 11 is 1.60. The van der Waals surface area contributed by atoms with E-state index in [2.05, 4.69) is 15.7 Å². The Morgan fingerprint density at radius 2 is 1.74 bits per heavy atom. The van der Waals surface area contributed by atoms with E-state index >= 15 is 0 Å². The van der Waals surface area contributed by atoms with Crippen LogP contribution in [0.15, 0.2) is 40.8 Å². The van der Waals surface area contributed by atoms with Gasteiger partial charge in [0, 0.05) is 30.3 Å². The summed E-state index contributed by atoms with van der Waals surface area (Å²) in [5.74, 6) is -0.269. The number of carbonyl (C=O) groups excluding carboxylic acids is 2. The van der Waals surface area contributed by atoms with E-state index in [1.54, 1.807) is 31.1 Å². The molecule has 1 aliphatic carbocycles. The van der Waals surface area contributed by atoms with Gasteiger partial charge in [0.05, 0.1) is 50.8 Å². The molecule has 3 N–H and O–H groups in total. The Morgan fingerprint density at radius 3 is 2.36 bits per heavy atom. The second-order valence-corrected chi connectivity index (χ2v) is 9.91. The van der Waals surface area contributed by atoms with E-state index in [4.69, 9.17) is 24.4 Å². The van der Waals surface area contributed by atoms with Gasteiger partial charge in [0.2, 0.25) is 5.91 Å². The van der Waals surface area contributed by atoms with Crippen LogP contribution in [0, 0.1) is 5.82 Å². The number of halogens is 1. The quantitative estimate of drug-likeness (QED) is 0.199. The maximum Gasteiger partial charge on any atom is 0.255 e. The van der Waals surface area contributed by atoms with E-state index in [9.17, 15) is 14.0 Å². The summed E-state index contributed by atoms with van der Waals surface area (Å²) in [6, 6.07) is 10.0. The molecule has 4 rings (SSSR count). The zero-order valence-corrected chi connectivity index (χ0v) is 23.0. The number of nitrogens with one attached hydrogen (secondary N) is 1. The monoisotopic (exact) mass is 559 g/mol. The van der Waals surface area contributed by atoms with Gasteiger partial charge in [0.1, 0.15) is 23.8 Å². The first-order valence-corrected chi connectivity index (χ1v) is 14.0. The summed E-state index contributed by atoms with van der Waals surface area (Å²) in [6.45, 7) is 2.53. The van der Waals surface area contributed by atoms with Crippen molar-refractivity contribution in [3.63, 3.8) is 0 Å². The van der Waals surface area contributed by atoms with Gasteiger partial charge in [-0.1, -0.05) is 11.9 Å². The van der Waals surface area contributed by atoms with Crippen LogP contribution in [0.1, 0.15) is 34.7 Å². The first-order chi connectivity index (χ1) is 18.9. The van der Waals surface area contributed by atoms with E-state index < -0.39 is 5.91 Å². The molecule has 39 heavy (non-hydrogen) atoms. The number of nitrogens with zero attached hydrogens (tertiary/aromatic N) is 1. The Kier molecular flexibility index (Phi) is 10.2.